The van der Waals surface area contributed by atoms with E-state index in [1.165, 1.54) is 0 Å². The van der Waals surface area contributed by atoms with Gasteiger partial charge in [-0.2, -0.15) is 0 Å². The second-order valence-electron chi connectivity index (χ2n) is 4.43. The maximum atomic E-state index is 13.6. The summed E-state index contributed by atoms with van der Waals surface area (Å²) in [5, 5.41) is 0. The molecule has 2 heteroatoms. The van der Waals surface area contributed by atoms with Crippen LogP contribution in [0.3, 0.4) is 0 Å². The van der Waals surface area contributed by atoms with Crippen molar-refractivity contribution in [3.63, 3.8) is 0 Å². The Hall–Kier alpha value is -1.36. The number of benzene rings is 1. The summed E-state index contributed by atoms with van der Waals surface area (Å²) in [7, 11) is 0. The molecular weight excluding hydrogens is 177 g/mol. The van der Waals surface area contributed by atoms with Gasteiger partial charge in [0, 0.05) is 0 Å². The third-order valence-electron chi connectivity index (χ3n) is 2.29. The number of hydrogen-bond acceptors (Lipinski definition) is 0. The maximum absolute atomic E-state index is 13.6. The second kappa shape index (κ2) is 3.42. The van der Waals surface area contributed by atoms with Crippen molar-refractivity contribution in [3.05, 3.63) is 40.5 Å². The lowest BCUT2D eigenvalue weighted by atomic mass is 9.84. The van der Waals surface area contributed by atoms with E-state index in [2.05, 4.69) is 4.85 Å². The van der Waals surface area contributed by atoms with Gasteiger partial charge in [0.1, 0.15) is 5.82 Å². The van der Waals surface area contributed by atoms with Crippen molar-refractivity contribution < 1.29 is 4.39 Å². The van der Waals surface area contributed by atoms with Gasteiger partial charge in [-0.15, -0.1) is 0 Å². The third kappa shape index (κ3) is 1.77. The minimum absolute atomic E-state index is 0.0779. The Morgan fingerprint density at radius 2 is 1.86 bits per heavy atom. The second-order valence-corrected chi connectivity index (χ2v) is 4.43. The van der Waals surface area contributed by atoms with Crippen LogP contribution in [0.25, 0.3) is 4.85 Å². The molecule has 0 amide bonds. The monoisotopic (exact) mass is 191 g/mol. The summed E-state index contributed by atoms with van der Waals surface area (Å²) in [6.45, 7) is 14.6. The summed E-state index contributed by atoms with van der Waals surface area (Å²) >= 11 is 0. The first kappa shape index (κ1) is 10.7. The highest BCUT2D eigenvalue weighted by molar-refractivity contribution is 5.52. The molecule has 1 aromatic carbocycles. The van der Waals surface area contributed by atoms with E-state index in [1.54, 1.807) is 13.0 Å². The fourth-order valence-corrected chi connectivity index (χ4v) is 1.57. The Morgan fingerprint density at radius 3 is 2.29 bits per heavy atom. The fraction of sp³-hybridized carbons (Fsp3) is 0.417. The van der Waals surface area contributed by atoms with Crippen LogP contribution in [0.2, 0.25) is 0 Å². The van der Waals surface area contributed by atoms with Crippen molar-refractivity contribution in [2.24, 2.45) is 0 Å². The Morgan fingerprint density at radius 1 is 1.29 bits per heavy atom. The van der Waals surface area contributed by atoms with E-state index in [9.17, 15) is 4.39 Å². The molecule has 0 aliphatic carbocycles. The van der Waals surface area contributed by atoms with Gasteiger partial charge in [0.15, 0.2) is 0 Å². The molecule has 0 aliphatic heterocycles. The predicted octanol–water partition coefficient (Wildman–Crippen LogP) is 3.98. The van der Waals surface area contributed by atoms with Gasteiger partial charge >= 0.3 is 0 Å². The predicted molar refractivity (Wildman–Crippen MR) is 56.1 cm³/mol. The Kier molecular flexibility index (Phi) is 2.62. The summed E-state index contributed by atoms with van der Waals surface area (Å²) in [6.07, 6.45) is 0. The molecule has 0 radical (unpaired) electrons. The Labute approximate surface area is 84.4 Å². The number of hydrogen-bond donors (Lipinski definition) is 0. The molecule has 1 rings (SSSR count). The highest BCUT2D eigenvalue weighted by Gasteiger charge is 2.19. The molecule has 0 saturated carbocycles. The van der Waals surface area contributed by atoms with Crippen LogP contribution in [0, 0.1) is 19.3 Å². The lowest BCUT2D eigenvalue weighted by Crippen LogP contribution is -2.13. The van der Waals surface area contributed by atoms with E-state index in [4.69, 9.17) is 6.57 Å². The molecular formula is C12H14FN. The summed E-state index contributed by atoms with van der Waals surface area (Å²) in [5.41, 5.74) is 1.58. The Bertz CT molecular complexity index is 394. The molecule has 1 nitrogen and oxygen atoms in total. The minimum Gasteiger partial charge on any atom is -0.235 e. The summed E-state index contributed by atoms with van der Waals surface area (Å²) in [6, 6.07) is 3.39. The van der Waals surface area contributed by atoms with Crippen LogP contribution in [0.5, 0.6) is 0 Å². The van der Waals surface area contributed by atoms with Gasteiger partial charge in [-0.05, 0) is 23.5 Å². The van der Waals surface area contributed by atoms with Crippen molar-refractivity contribution in [2.45, 2.75) is 33.1 Å². The fourth-order valence-electron chi connectivity index (χ4n) is 1.57. The van der Waals surface area contributed by atoms with Crippen LogP contribution >= 0.6 is 0 Å². The lowest BCUT2D eigenvalue weighted by Gasteiger charge is -2.22. The quantitative estimate of drug-likeness (QED) is 0.546. The molecule has 74 valence electrons. The summed E-state index contributed by atoms with van der Waals surface area (Å²) < 4.78 is 13.6. The minimum atomic E-state index is -0.382. The van der Waals surface area contributed by atoms with Gasteiger partial charge in [-0.3, -0.25) is 0 Å². The molecule has 0 unspecified atom stereocenters. The van der Waals surface area contributed by atoms with Gasteiger partial charge in [0.2, 0.25) is 5.69 Å². The molecule has 0 atom stereocenters. The van der Waals surface area contributed by atoms with E-state index in [0.29, 0.717) is 5.56 Å². The lowest BCUT2D eigenvalue weighted by molar-refractivity contribution is 0.565. The zero-order valence-corrected chi connectivity index (χ0v) is 8.98. The van der Waals surface area contributed by atoms with Gasteiger partial charge in [-0.1, -0.05) is 32.9 Å². The van der Waals surface area contributed by atoms with Crippen LogP contribution < -0.4 is 0 Å². The van der Waals surface area contributed by atoms with Crippen LogP contribution in [0.4, 0.5) is 10.1 Å². The average Bonchev–Trinajstić information content (AvgIpc) is 2.07. The maximum Gasteiger partial charge on any atom is 0.222 e. The topological polar surface area (TPSA) is 4.36 Å². The summed E-state index contributed by atoms with van der Waals surface area (Å²) in [5.74, 6) is -0.382. The van der Waals surface area contributed by atoms with Gasteiger partial charge in [0.05, 0.1) is 6.57 Å². The van der Waals surface area contributed by atoms with Crippen LogP contribution in [0.1, 0.15) is 31.9 Å². The summed E-state index contributed by atoms with van der Waals surface area (Å²) in [4.78, 5) is 3.13. The highest BCUT2D eigenvalue weighted by atomic mass is 19.1. The number of rotatable bonds is 0. The van der Waals surface area contributed by atoms with Crippen molar-refractivity contribution in [3.8, 4) is 0 Å². The first-order valence-electron chi connectivity index (χ1n) is 4.55. The molecule has 0 saturated heterocycles. The van der Waals surface area contributed by atoms with E-state index in [0.717, 1.165) is 5.56 Å². The van der Waals surface area contributed by atoms with E-state index in [1.807, 2.05) is 26.8 Å². The van der Waals surface area contributed by atoms with Crippen LogP contribution in [-0.4, -0.2) is 0 Å². The van der Waals surface area contributed by atoms with Crippen LogP contribution in [0.15, 0.2) is 12.1 Å². The standard InChI is InChI=1S/C12H14FN/c1-8-9(12(2,3)4)6-7-10(14-5)11(8)13/h6-7H,1-4H3. The molecule has 0 fully saturated rings. The van der Waals surface area contributed by atoms with Crippen molar-refractivity contribution in [2.75, 3.05) is 0 Å². The normalized spacial score (nSPS) is 11.1. The van der Waals surface area contributed by atoms with Gasteiger partial charge in [-0.25, -0.2) is 9.24 Å². The first-order chi connectivity index (χ1) is 6.38. The molecule has 0 spiro atoms. The third-order valence-corrected chi connectivity index (χ3v) is 2.29. The molecule has 0 heterocycles. The molecule has 0 aromatic heterocycles. The number of nitrogens with zero attached hydrogens (tertiary/aromatic N) is 1. The zero-order chi connectivity index (χ0) is 10.9. The van der Waals surface area contributed by atoms with Gasteiger partial charge < -0.3 is 0 Å². The molecule has 0 N–H and O–H groups in total. The first-order valence-corrected chi connectivity index (χ1v) is 4.55. The number of halogens is 1. The molecule has 0 aliphatic rings. The van der Waals surface area contributed by atoms with E-state index < -0.39 is 0 Å². The smallest absolute Gasteiger partial charge is 0.222 e. The molecule has 1 aromatic rings. The zero-order valence-electron chi connectivity index (χ0n) is 8.98. The van der Waals surface area contributed by atoms with Crippen molar-refractivity contribution in [1.29, 1.82) is 0 Å². The Balaban J connectivity index is 3.41. The van der Waals surface area contributed by atoms with Gasteiger partial charge in [0.25, 0.3) is 0 Å². The molecule has 0 bridgehead atoms. The van der Waals surface area contributed by atoms with E-state index >= 15 is 0 Å². The van der Waals surface area contributed by atoms with Crippen molar-refractivity contribution >= 4 is 5.69 Å². The SMILES string of the molecule is [C-]#[N+]c1ccc(C(C)(C)C)c(C)c1F. The van der Waals surface area contributed by atoms with E-state index in [-0.39, 0.29) is 16.9 Å². The van der Waals surface area contributed by atoms with Crippen molar-refractivity contribution in [1.82, 2.24) is 0 Å². The highest BCUT2D eigenvalue weighted by Crippen LogP contribution is 2.31. The largest absolute Gasteiger partial charge is 0.235 e. The van der Waals surface area contributed by atoms with Crippen LogP contribution in [-0.2, 0) is 5.41 Å². The average molecular weight is 191 g/mol. The molecule has 14 heavy (non-hydrogen) atoms.